The number of ether oxygens (including phenoxy) is 1. The van der Waals surface area contributed by atoms with E-state index in [0.717, 1.165) is 21.2 Å². The number of rotatable bonds is 6. The molecular formula is C23H21BrN2O3. The van der Waals surface area contributed by atoms with Crippen LogP contribution >= 0.6 is 15.9 Å². The summed E-state index contributed by atoms with van der Waals surface area (Å²) < 4.78 is 6.47. The van der Waals surface area contributed by atoms with E-state index in [4.69, 9.17) is 4.74 Å². The lowest BCUT2D eigenvalue weighted by molar-refractivity contribution is -0.130. The van der Waals surface area contributed by atoms with Crippen LogP contribution in [-0.2, 0) is 9.59 Å². The maximum atomic E-state index is 12.8. The van der Waals surface area contributed by atoms with Crippen molar-refractivity contribution in [1.29, 1.82) is 0 Å². The SMILES string of the molecule is Cc1cc(Br)ccc1OCC(=O)NNC(=O)C(c1ccccc1)c1ccccc1. The zero-order valence-electron chi connectivity index (χ0n) is 15.9. The summed E-state index contributed by atoms with van der Waals surface area (Å²) in [6, 6.07) is 24.4. The molecule has 0 heterocycles. The molecule has 3 aromatic rings. The molecule has 0 radical (unpaired) electrons. The monoisotopic (exact) mass is 452 g/mol. The summed E-state index contributed by atoms with van der Waals surface area (Å²) in [7, 11) is 0. The number of benzene rings is 3. The van der Waals surface area contributed by atoms with Crippen molar-refractivity contribution in [1.82, 2.24) is 10.9 Å². The van der Waals surface area contributed by atoms with Crippen molar-refractivity contribution < 1.29 is 14.3 Å². The van der Waals surface area contributed by atoms with Crippen LogP contribution in [0.2, 0.25) is 0 Å². The lowest BCUT2D eigenvalue weighted by Crippen LogP contribution is -2.46. The molecule has 2 N–H and O–H groups in total. The fourth-order valence-electron chi connectivity index (χ4n) is 2.94. The fraction of sp³-hybridized carbons (Fsp3) is 0.130. The van der Waals surface area contributed by atoms with Gasteiger partial charge in [-0.05, 0) is 41.8 Å². The maximum absolute atomic E-state index is 12.8. The molecule has 0 saturated heterocycles. The molecule has 0 unspecified atom stereocenters. The lowest BCUT2D eigenvalue weighted by atomic mass is 9.91. The van der Waals surface area contributed by atoms with E-state index in [2.05, 4.69) is 26.8 Å². The molecule has 0 bridgehead atoms. The van der Waals surface area contributed by atoms with Gasteiger partial charge in [0.15, 0.2) is 6.61 Å². The van der Waals surface area contributed by atoms with Crippen LogP contribution in [0.5, 0.6) is 5.75 Å². The first kappa shape index (κ1) is 20.6. The van der Waals surface area contributed by atoms with Crippen LogP contribution in [0, 0.1) is 6.92 Å². The van der Waals surface area contributed by atoms with Crippen LogP contribution in [0.15, 0.2) is 83.3 Å². The highest BCUT2D eigenvalue weighted by Crippen LogP contribution is 2.24. The van der Waals surface area contributed by atoms with Gasteiger partial charge in [0.2, 0.25) is 5.91 Å². The summed E-state index contributed by atoms with van der Waals surface area (Å²) in [6.07, 6.45) is 0. The van der Waals surface area contributed by atoms with Crippen LogP contribution in [0.4, 0.5) is 0 Å². The second-order valence-electron chi connectivity index (χ2n) is 6.49. The minimum absolute atomic E-state index is 0.204. The van der Waals surface area contributed by atoms with E-state index in [1.165, 1.54) is 0 Å². The summed E-state index contributed by atoms with van der Waals surface area (Å²) in [4.78, 5) is 25.0. The summed E-state index contributed by atoms with van der Waals surface area (Å²) in [5, 5.41) is 0. The van der Waals surface area contributed by atoms with Crippen LogP contribution in [0.25, 0.3) is 0 Å². The lowest BCUT2D eigenvalue weighted by Gasteiger charge is -2.18. The Bertz CT molecular complexity index is 938. The van der Waals surface area contributed by atoms with Gasteiger partial charge in [0.05, 0.1) is 5.92 Å². The maximum Gasteiger partial charge on any atom is 0.276 e. The largest absolute Gasteiger partial charge is 0.483 e. The summed E-state index contributed by atoms with van der Waals surface area (Å²) in [6.45, 7) is 1.69. The minimum atomic E-state index is -0.535. The predicted molar refractivity (Wildman–Crippen MR) is 115 cm³/mol. The second-order valence-corrected chi connectivity index (χ2v) is 7.41. The molecule has 0 fully saturated rings. The Morgan fingerprint density at radius 1 is 0.897 bits per heavy atom. The normalized spacial score (nSPS) is 10.4. The molecule has 0 aliphatic heterocycles. The molecule has 0 aromatic heterocycles. The highest BCUT2D eigenvalue weighted by molar-refractivity contribution is 9.10. The molecule has 0 saturated carbocycles. The third-order valence-electron chi connectivity index (χ3n) is 4.35. The van der Waals surface area contributed by atoms with Gasteiger partial charge in [0.25, 0.3) is 5.91 Å². The average molecular weight is 453 g/mol. The van der Waals surface area contributed by atoms with Gasteiger partial charge in [0.1, 0.15) is 5.75 Å². The van der Waals surface area contributed by atoms with Gasteiger partial charge in [-0.25, -0.2) is 0 Å². The molecular weight excluding hydrogens is 432 g/mol. The highest BCUT2D eigenvalue weighted by Gasteiger charge is 2.22. The first-order valence-electron chi connectivity index (χ1n) is 9.12. The number of halogens is 1. The van der Waals surface area contributed by atoms with Crippen LogP contribution in [0.1, 0.15) is 22.6 Å². The molecule has 0 atom stereocenters. The number of hydrogen-bond acceptors (Lipinski definition) is 3. The highest BCUT2D eigenvalue weighted by atomic mass is 79.9. The van der Waals surface area contributed by atoms with Crippen molar-refractivity contribution in [3.63, 3.8) is 0 Å². The molecule has 6 heteroatoms. The molecule has 5 nitrogen and oxygen atoms in total. The van der Waals surface area contributed by atoms with Gasteiger partial charge < -0.3 is 4.74 Å². The van der Waals surface area contributed by atoms with E-state index in [9.17, 15) is 9.59 Å². The molecule has 0 aliphatic rings. The molecule has 0 spiro atoms. The number of nitrogens with one attached hydrogen (secondary N) is 2. The quantitative estimate of drug-likeness (QED) is 0.552. The number of hydrogen-bond donors (Lipinski definition) is 2. The van der Waals surface area contributed by atoms with Crippen molar-refractivity contribution in [3.05, 3.63) is 100 Å². The zero-order valence-corrected chi connectivity index (χ0v) is 17.5. The third kappa shape index (κ3) is 5.68. The summed E-state index contributed by atoms with van der Waals surface area (Å²) in [5.41, 5.74) is 7.53. The fourth-order valence-corrected chi connectivity index (χ4v) is 3.42. The van der Waals surface area contributed by atoms with Gasteiger partial charge in [-0.3, -0.25) is 20.4 Å². The van der Waals surface area contributed by atoms with E-state index in [1.807, 2.05) is 79.7 Å². The van der Waals surface area contributed by atoms with Crippen molar-refractivity contribution >= 4 is 27.7 Å². The Balaban J connectivity index is 1.62. The predicted octanol–water partition coefficient (Wildman–Crippen LogP) is 4.12. The molecule has 2 amide bonds. The molecule has 148 valence electrons. The Morgan fingerprint density at radius 3 is 2.03 bits per heavy atom. The average Bonchev–Trinajstić information content (AvgIpc) is 2.73. The van der Waals surface area contributed by atoms with Crippen LogP contribution in [-0.4, -0.2) is 18.4 Å². The van der Waals surface area contributed by atoms with E-state index in [0.29, 0.717) is 5.75 Å². The first-order chi connectivity index (χ1) is 14.0. The van der Waals surface area contributed by atoms with E-state index in [1.54, 1.807) is 6.07 Å². The molecule has 0 aliphatic carbocycles. The van der Waals surface area contributed by atoms with Crippen molar-refractivity contribution in [3.8, 4) is 5.75 Å². The number of amides is 2. The standard InChI is InChI=1S/C23H21BrN2O3/c1-16-14-19(24)12-13-20(16)29-15-21(27)25-26-23(28)22(17-8-4-2-5-9-17)18-10-6-3-7-11-18/h2-14,22H,15H2,1H3,(H,25,27)(H,26,28). The second kappa shape index (κ2) is 9.89. The van der Waals surface area contributed by atoms with E-state index >= 15 is 0 Å². The van der Waals surface area contributed by atoms with Gasteiger partial charge in [-0.2, -0.15) is 0 Å². The number of aryl methyl sites for hydroxylation is 1. The van der Waals surface area contributed by atoms with Crippen molar-refractivity contribution in [2.24, 2.45) is 0 Å². The Kier molecular flexibility index (Phi) is 7.03. The summed E-state index contributed by atoms with van der Waals surface area (Å²) in [5.74, 6) is -0.690. The number of hydrazine groups is 1. The molecule has 29 heavy (non-hydrogen) atoms. The zero-order chi connectivity index (χ0) is 20.6. The van der Waals surface area contributed by atoms with Crippen molar-refractivity contribution in [2.75, 3.05) is 6.61 Å². The van der Waals surface area contributed by atoms with Gasteiger partial charge in [-0.15, -0.1) is 0 Å². The van der Waals surface area contributed by atoms with Crippen molar-refractivity contribution in [2.45, 2.75) is 12.8 Å². The Labute approximate surface area is 178 Å². The topological polar surface area (TPSA) is 67.4 Å². The Hall–Kier alpha value is -3.12. The molecule has 3 aromatic carbocycles. The first-order valence-corrected chi connectivity index (χ1v) is 9.91. The number of carbonyl (C=O) groups excluding carboxylic acids is 2. The Morgan fingerprint density at radius 2 is 1.48 bits per heavy atom. The summed E-state index contributed by atoms with van der Waals surface area (Å²) >= 11 is 3.39. The van der Waals surface area contributed by atoms with Gasteiger partial charge in [0, 0.05) is 4.47 Å². The van der Waals surface area contributed by atoms with Crippen LogP contribution < -0.4 is 15.6 Å². The third-order valence-corrected chi connectivity index (χ3v) is 4.84. The smallest absolute Gasteiger partial charge is 0.276 e. The van der Waals surface area contributed by atoms with Gasteiger partial charge in [-0.1, -0.05) is 76.6 Å². The molecule has 3 rings (SSSR count). The number of carbonyl (C=O) groups is 2. The van der Waals surface area contributed by atoms with E-state index < -0.39 is 11.8 Å². The minimum Gasteiger partial charge on any atom is -0.483 e. The van der Waals surface area contributed by atoms with E-state index in [-0.39, 0.29) is 12.5 Å². The van der Waals surface area contributed by atoms with Crippen LogP contribution in [0.3, 0.4) is 0 Å². The van der Waals surface area contributed by atoms with Gasteiger partial charge >= 0.3 is 0 Å².